The topological polar surface area (TPSA) is 30.0 Å². The van der Waals surface area contributed by atoms with E-state index in [1.807, 2.05) is 35.7 Å². The van der Waals surface area contributed by atoms with Gasteiger partial charge >= 0.3 is 0 Å². The molecule has 2 aromatic rings. The van der Waals surface area contributed by atoms with Crippen molar-refractivity contribution in [2.45, 2.75) is 12.8 Å². The molecule has 1 aromatic heterocycles. The van der Waals surface area contributed by atoms with Crippen molar-refractivity contribution in [3.8, 4) is 10.6 Å². The summed E-state index contributed by atoms with van der Waals surface area (Å²) in [7, 11) is 0. The Hall–Kier alpha value is -1.48. The van der Waals surface area contributed by atoms with E-state index in [0.29, 0.717) is 5.69 Å². The molecule has 0 bridgehead atoms. The van der Waals surface area contributed by atoms with Gasteiger partial charge in [0.15, 0.2) is 5.78 Å². The first-order valence-corrected chi connectivity index (χ1v) is 6.28. The Balaban J connectivity index is 1.90. The molecule has 0 unspecified atom stereocenters. The molecule has 0 amide bonds. The fourth-order valence-corrected chi connectivity index (χ4v) is 2.47. The van der Waals surface area contributed by atoms with Gasteiger partial charge in [-0.05, 0) is 12.8 Å². The number of Topliss-reactive ketones (excluding diaryl/α,β-unsaturated/α-hetero) is 1. The third kappa shape index (κ3) is 1.78. The summed E-state index contributed by atoms with van der Waals surface area (Å²) in [6.07, 6.45) is 2.08. The molecule has 0 aliphatic heterocycles. The SMILES string of the molecule is O=C(c1csc(-c2ccccc2)n1)C1CC1. The number of rotatable bonds is 3. The second-order valence-corrected chi connectivity index (χ2v) is 4.90. The van der Waals surface area contributed by atoms with E-state index in [4.69, 9.17) is 0 Å². The van der Waals surface area contributed by atoms with E-state index in [9.17, 15) is 4.79 Å². The molecule has 0 radical (unpaired) electrons. The lowest BCUT2D eigenvalue weighted by molar-refractivity contribution is 0.0963. The van der Waals surface area contributed by atoms with Gasteiger partial charge in [-0.1, -0.05) is 30.3 Å². The Labute approximate surface area is 98.0 Å². The standard InChI is InChI=1S/C13H11NOS/c15-12(9-6-7-9)11-8-16-13(14-11)10-4-2-1-3-5-10/h1-5,8-9H,6-7H2. The van der Waals surface area contributed by atoms with Gasteiger partial charge in [0.05, 0.1) is 0 Å². The second-order valence-electron chi connectivity index (χ2n) is 4.04. The Morgan fingerprint density at radius 2 is 2.00 bits per heavy atom. The highest BCUT2D eigenvalue weighted by Crippen LogP contribution is 2.33. The van der Waals surface area contributed by atoms with E-state index in [2.05, 4.69) is 4.98 Å². The molecule has 0 atom stereocenters. The van der Waals surface area contributed by atoms with Crippen LogP contribution in [0.4, 0.5) is 0 Å². The highest BCUT2D eigenvalue weighted by Gasteiger charge is 2.31. The summed E-state index contributed by atoms with van der Waals surface area (Å²) in [5, 5.41) is 2.81. The van der Waals surface area contributed by atoms with Crippen molar-refractivity contribution < 1.29 is 4.79 Å². The Bertz CT molecular complexity index is 514. The van der Waals surface area contributed by atoms with Gasteiger partial charge in [-0.25, -0.2) is 4.98 Å². The zero-order chi connectivity index (χ0) is 11.0. The van der Waals surface area contributed by atoms with Crippen molar-refractivity contribution in [2.24, 2.45) is 5.92 Å². The van der Waals surface area contributed by atoms with E-state index >= 15 is 0 Å². The lowest BCUT2D eigenvalue weighted by Crippen LogP contribution is -2.01. The average Bonchev–Trinajstić information content (AvgIpc) is 3.07. The molecule has 1 aromatic carbocycles. The Morgan fingerprint density at radius 3 is 2.69 bits per heavy atom. The van der Waals surface area contributed by atoms with Crippen LogP contribution in [0.2, 0.25) is 0 Å². The minimum absolute atomic E-state index is 0.221. The normalized spacial score (nSPS) is 15.0. The van der Waals surface area contributed by atoms with Gasteiger partial charge in [0.1, 0.15) is 10.7 Å². The van der Waals surface area contributed by atoms with Crippen molar-refractivity contribution >= 4 is 17.1 Å². The molecule has 80 valence electrons. The third-order valence-corrected chi connectivity index (χ3v) is 3.62. The number of carbonyl (C=O) groups is 1. The number of thiazole rings is 1. The zero-order valence-corrected chi connectivity index (χ0v) is 9.54. The number of hydrogen-bond donors (Lipinski definition) is 0. The average molecular weight is 229 g/mol. The molecule has 3 heteroatoms. The molecule has 0 saturated heterocycles. The molecule has 1 heterocycles. The molecule has 3 rings (SSSR count). The smallest absolute Gasteiger partial charge is 0.185 e. The highest BCUT2D eigenvalue weighted by molar-refractivity contribution is 7.13. The molecule has 0 spiro atoms. The zero-order valence-electron chi connectivity index (χ0n) is 8.72. The Morgan fingerprint density at radius 1 is 1.25 bits per heavy atom. The summed E-state index contributed by atoms with van der Waals surface area (Å²) in [5.74, 6) is 0.476. The van der Waals surface area contributed by atoms with E-state index < -0.39 is 0 Å². The summed E-state index contributed by atoms with van der Waals surface area (Å²) < 4.78 is 0. The minimum atomic E-state index is 0.221. The van der Waals surface area contributed by atoms with Gasteiger partial charge in [-0.2, -0.15) is 0 Å². The number of hydrogen-bond acceptors (Lipinski definition) is 3. The van der Waals surface area contributed by atoms with E-state index in [0.717, 1.165) is 23.4 Å². The van der Waals surface area contributed by atoms with Crippen LogP contribution in [0.15, 0.2) is 35.7 Å². The number of nitrogens with zero attached hydrogens (tertiary/aromatic N) is 1. The van der Waals surface area contributed by atoms with Crippen LogP contribution in [-0.2, 0) is 0 Å². The quantitative estimate of drug-likeness (QED) is 0.755. The van der Waals surface area contributed by atoms with Crippen molar-refractivity contribution in [2.75, 3.05) is 0 Å². The van der Waals surface area contributed by atoms with Gasteiger partial charge in [0.25, 0.3) is 0 Å². The van der Waals surface area contributed by atoms with Crippen molar-refractivity contribution in [3.05, 3.63) is 41.4 Å². The number of aromatic nitrogens is 1. The van der Waals surface area contributed by atoms with Crippen LogP contribution >= 0.6 is 11.3 Å². The number of carbonyl (C=O) groups excluding carboxylic acids is 1. The van der Waals surface area contributed by atoms with Crippen LogP contribution in [0.5, 0.6) is 0 Å². The summed E-state index contributed by atoms with van der Waals surface area (Å²) in [5.41, 5.74) is 1.73. The lowest BCUT2D eigenvalue weighted by atomic mass is 10.2. The van der Waals surface area contributed by atoms with Gasteiger partial charge in [-0.3, -0.25) is 4.79 Å². The number of benzene rings is 1. The largest absolute Gasteiger partial charge is 0.292 e. The van der Waals surface area contributed by atoms with Gasteiger partial charge < -0.3 is 0 Å². The molecular weight excluding hydrogens is 218 g/mol. The summed E-state index contributed by atoms with van der Waals surface area (Å²) >= 11 is 1.54. The summed E-state index contributed by atoms with van der Waals surface area (Å²) in [4.78, 5) is 16.2. The first-order chi connectivity index (χ1) is 7.84. The van der Waals surface area contributed by atoms with Gasteiger partial charge in [0, 0.05) is 16.9 Å². The van der Waals surface area contributed by atoms with E-state index in [1.54, 1.807) is 11.3 Å². The van der Waals surface area contributed by atoms with Crippen LogP contribution in [0, 0.1) is 5.92 Å². The van der Waals surface area contributed by atoms with E-state index in [-0.39, 0.29) is 11.7 Å². The van der Waals surface area contributed by atoms with Crippen LogP contribution in [-0.4, -0.2) is 10.8 Å². The van der Waals surface area contributed by atoms with Crippen LogP contribution in [0.25, 0.3) is 10.6 Å². The fourth-order valence-electron chi connectivity index (χ4n) is 1.65. The summed E-state index contributed by atoms with van der Waals surface area (Å²) in [6, 6.07) is 9.99. The molecule has 2 nitrogen and oxygen atoms in total. The fraction of sp³-hybridized carbons (Fsp3) is 0.231. The molecule has 0 N–H and O–H groups in total. The Kier molecular flexibility index (Phi) is 2.33. The van der Waals surface area contributed by atoms with Crippen LogP contribution in [0.1, 0.15) is 23.3 Å². The van der Waals surface area contributed by atoms with Crippen molar-refractivity contribution in [1.29, 1.82) is 0 Å². The van der Waals surface area contributed by atoms with Gasteiger partial charge in [-0.15, -0.1) is 11.3 Å². The second kappa shape index (κ2) is 3.83. The van der Waals surface area contributed by atoms with Crippen LogP contribution in [0.3, 0.4) is 0 Å². The maximum atomic E-state index is 11.8. The predicted octanol–water partition coefficient (Wildman–Crippen LogP) is 3.40. The molecule has 1 saturated carbocycles. The van der Waals surface area contributed by atoms with E-state index in [1.165, 1.54) is 0 Å². The van der Waals surface area contributed by atoms with Gasteiger partial charge in [0.2, 0.25) is 0 Å². The summed E-state index contributed by atoms with van der Waals surface area (Å²) in [6.45, 7) is 0. The van der Waals surface area contributed by atoms with Crippen molar-refractivity contribution in [3.63, 3.8) is 0 Å². The minimum Gasteiger partial charge on any atom is -0.292 e. The number of ketones is 1. The maximum absolute atomic E-state index is 11.8. The molecule has 1 aliphatic rings. The maximum Gasteiger partial charge on any atom is 0.185 e. The first-order valence-electron chi connectivity index (χ1n) is 5.40. The molecule has 1 fully saturated rings. The molecule has 16 heavy (non-hydrogen) atoms. The lowest BCUT2D eigenvalue weighted by Gasteiger charge is -1.94. The highest BCUT2D eigenvalue weighted by atomic mass is 32.1. The molecule has 1 aliphatic carbocycles. The van der Waals surface area contributed by atoms with Crippen LogP contribution < -0.4 is 0 Å². The first kappa shape index (κ1) is 9.73. The third-order valence-electron chi connectivity index (χ3n) is 2.73. The predicted molar refractivity (Wildman–Crippen MR) is 64.6 cm³/mol. The van der Waals surface area contributed by atoms with Crippen molar-refractivity contribution in [1.82, 2.24) is 4.98 Å². The molecular formula is C13H11NOS. The monoisotopic (exact) mass is 229 g/mol.